The molecule has 0 N–H and O–H groups in total. The summed E-state index contributed by atoms with van der Waals surface area (Å²) >= 11 is 0. The highest BCUT2D eigenvalue weighted by Crippen LogP contribution is 1.61. The molecule has 2 heteroatoms. The molecule has 0 fully saturated rings. The zero-order valence-corrected chi connectivity index (χ0v) is 3.80. The van der Waals surface area contributed by atoms with Gasteiger partial charge >= 0.3 is 0 Å². The van der Waals surface area contributed by atoms with Gasteiger partial charge in [-0.1, -0.05) is 0 Å². The topological polar surface area (TPSA) is 0 Å². The van der Waals surface area contributed by atoms with Crippen LogP contribution < -0.4 is 0 Å². The minimum Gasteiger partial charge on any atom is -0.337 e. The average molecular weight is 72.9 g/mol. The maximum absolute atomic E-state index is 5.14. The van der Waals surface area contributed by atoms with Gasteiger partial charge in [0.2, 0.25) is 0 Å². The first kappa shape index (κ1) is 4.41. The fraction of sp³-hybridized carbons (Fsp3) is 1.00. The minimum atomic E-state index is 0.139. The predicted octanol–water partition coefficient (Wildman–Crippen LogP) is -0.0522. The first-order valence-corrected chi connectivity index (χ1v) is 3.16. The maximum Gasteiger partial charge on any atom is 0.0436 e. The van der Waals surface area contributed by atoms with E-state index < -0.39 is 0 Å². The zero-order chi connectivity index (χ0) is 3.58. The lowest BCUT2D eigenvalue weighted by Crippen LogP contribution is -1.87. The first-order chi connectivity index (χ1) is 1.73. The molecule has 4 heavy (non-hydrogen) atoms. The molecule has 0 aromatic carbocycles. The molecule has 0 nitrogen and oxygen atoms in total. The molecule has 0 unspecified atom stereocenters. The summed E-state index contributed by atoms with van der Waals surface area (Å²) < 4.78 is 0. The van der Waals surface area contributed by atoms with Crippen molar-refractivity contribution < 1.29 is 0 Å². The first-order valence-electron chi connectivity index (χ1n) is 1.05. The van der Waals surface area contributed by atoms with E-state index in [1.807, 2.05) is 12.5 Å². The van der Waals surface area contributed by atoms with Crippen molar-refractivity contribution in [3.63, 3.8) is 0 Å². The van der Waals surface area contributed by atoms with Crippen molar-refractivity contribution in [2.24, 2.45) is 0 Å². The second-order valence-electron chi connectivity index (χ2n) is 0.880. The SMILES string of the molecule is [B-][S+](C)C. The molecule has 0 rings (SSSR count). The largest absolute Gasteiger partial charge is 0.337 e. The molecule has 0 bridgehead atoms. The lowest BCUT2D eigenvalue weighted by Gasteiger charge is -1.93. The van der Waals surface area contributed by atoms with Crippen LogP contribution >= 0.6 is 0 Å². The van der Waals surface area contributed by atoms with Crippen molar-refractivity contribution >= 4 is 17.9 Å². The van der Waals surface area contributed by atoms with E-state index in [4.69, 9.17) is 7.12 Å². The number of rotatable bonds is 0. The Kier molecular flexibility index (Phi) is 1.88. The normalized spacial score (nSPS) is 9.00. The summed E-state index contributed by atoms with van der Waals surface area (Å²) in [6, 6.07) is 0. The molecule has 0 heterocycles. The van der Waals surface area contributed by atoms with Gasteiger partial charge in [-0.05, 0) is 0 Å². The Balaban J connectivity index is 2.32. The molecule has 0 amide bonds. The van der Waals surface area contributed by atoms with E-state index in [0.717, 1.165) is 0 Å². The van der Waals surface area contributed by atoms with Gasteiger partial charge in [0.25, 0.3) is 0 Å². The van der Waals surface area contributed by atoms with Gasteiger partial charge in [0.15, 0.2) is 0 Å². The van der Waals surface area contributed by atoms with Crippen LogP contribution in [0.3, 0.4) is 0 Å². The molecule has 23 valence electrons. The zero-order valence-electron chi connectivity index (χ0n) is 2.99. The highest BCUT2D eigenvalue weighted by Gasteiger charge is 1.56. The molecule has 3 radical (unpaired) electrons. The summed E-state index contributed by atoms with van der Waals surface area (Å²) in [6.07, 6.45) is 3.94. The van der Waals surface area contributed by atoms with Gasteiger partial charge in [0.1, 0.15) is 0 Å². The Morgan fingerprint density at radius 1 is 1.50 bits per heavy atom. The van der Waals surface area contributed by atoms with Crippen LogP contribution in [0, 0.1) is 0 Å². The van der Waals surface area contributed by atoms with E-state index in [0.29, 0.717) is 0 Å². The highest BCUT2D eigenvalue weighted by atomic mass is 32.2. The van der Waals surface area contributed by atoms with Crippen molar-refractivity contribution in [1.82, 2.24) is 0 Å². The standard InChI is InChI=1S/C2H6BS/c1-4(2)3/h1-2H3. The lowest BCUT2D eigenvalue weighted by atomic mass is 10.8. The van der Waals surface area contributed by atoms with E-state index in [-0.39, 0.29) is 10.7 Å². The second-order valence-corrected chi connectivity index (χ2v) is 2.64. The smallest absolute Gasteiger partial charge is 0.0436 e. The van der Waals surface area contributed by atoms with Crippen LogP contribution in [-0.4, -0.2) is 19.6 Å². The van der Waals surface area contributed by atoms with Crippen molar-refractivity contribution in [3.8, 4) is 0 Å². The monoisotopic (exact) mass is 73.0 g/mol. The maximum atomic E-state index is 5.14. The van der Waals surface area contributed by atoms with Crippen LogP contribution in [0.25, 0.3) is 0 Å². The van der Waals surface area contributed by atoms with Crippen molar-refractivity contribution in [1.29, 1.82) is 0 Å². The summed E-state index contributed by atoms with van der Waals surface area (Å²) in [6.45, 7) is 0. The van der Waals surface area contributed by atoms with Crippen LogP contribution in [0.2, 0.25) is 0 Å². The Morgan fingerprint density at radius 2 is 1.50 bits per heavy atom. The summed E-state index contributed by atoms with van der Waals surface area (Å²) in [4.78, 5) is 0. The van der Waals surface area contributed by atoms with Crippen LogP contribution in [-0.2, 0) is 10.7 Å². The van der Waals surface area contributed by atoms with Gasteiger partial charge < -0.3 is 10.7 Å². The third-order valence-corrected chi connectivity index (χ3v) is 0. The van der Waals surface area contributed by atoms with Crippen molar-refractivity contribution in [2.45, 2.75) is 0 Å². The van der Waals surface area contributed by atoms with Crippen LogP contribution in [0.5, 0.6) is 0 Å². The molecule has 0 aliphatic rings. The fourth-order valence-electron chi connectivity index (χ4n) is 0. The van der Waals surface area contributed by atoms with E-state index in [2.05, 4.69) is 0 Å². The quantitative estimate of drug-likeness (QED) is 0.278. The van der Waals surface area contributed by atoms with Gasteiger partial charge in [-0.15, -0.1) is 0 Å². The Bertz CT molecular complexity index is 10.8. The molecule has 0 saturated carbocycles. The van der Waals surface area contributed by atoms with Crippen LogP contribution in [0.15, 0.2) is 0 Å². The number of hydrogen-bond donors (Lipinski definition) is 0. The summed E-state index contributed by atoms with van der Waals surface area (Å²) in [5, 5.41) is 0. The molecule has 0 spiro atoms. The van der Waals surface area contributed by atoms with Crippen LogP contribution in [0.4, 0.5) is 0 Å². The Hall–Kier alpha value is 0.415. The van der Waals surface area contributed by atoms with Gasteiger partial charge in [0.05, 0.1) is 0 Å². The molecule has 0 aromatic heterocycles. The molecule has 0 aliphatic heterocycles. The molecule has 0 aromatic rings. The summed E-state index contributed by atoms with van der Waals surface area (Å²) in [7, 11) is 5.28. The minimum absolute atomic E-state index is 0.139. The van der Waals surface area contributed by atoms with E-state index in [1.165, 1.54) is 0 Å². The molecule has 0 atom stereocenters. The third kappa shape index (κ3) is 28.1. The van der Waals surface area contributed by atoms with Crippen molar-refractivity contribution in [3.05, 3.63) is 0 Å². The predicted molar refractivity (Wildman–Crippen MR) is 25.0 cm³/mol. The lowest BCUT2D eigenvalue weighted by molar-refractivity contribution is 2.33. The molecular formula is C2H6BS. The molecule has 0 saturated heterocycles. The highest BCUT2D eigenvalue weighted by molar-refractivity contribution is 8.15. The summed E-state index contributed by atoms with van der Waals surface area (Å²) in [5.74, 6) is 0. The van der Waals surface area contributed by atoms with Crippen LogP contribution in [0.1, 0.15) is 0 Å². The van der Waals surface area contributed by atoms with Gasteiger partial charge in [-0.3, -0.25) is 0 Å². The third-order valence-electron chi connectivity index (χ3n) is 0. The van der Waals surface area contributed by atoms with Crippen molar-refractivity contribution in [2.75, 3.05) is 12.5 Å². The van der Waals surface area contributed by atoms with Gasteiger partial charge in [0, 0.05) is 12.5 Å². The second kappa shape index (κ2) is 1.71. The van der Waals surface area contributed by atoms with E-state index in [1.54, 1.807) is 0 Å². The van der Waals surface area contributed by atoms with E-state index in [9.17, 15) is 0 Å². The summed E-state index contributed by atoms with van der Waals surface area (Å²) in [5.41, 5.74) is 0. The molecular weight excluding hydrogens is 66.9 g/mol. The molecule has 0 aliphatic carbocycles. The fourth-order valence-corrected chi connectivity index (χ4v) is 0. The average Bonchev–Trinajstić information content (AvgIpc) is 0.811. The Labute approximate surface area is 31.2 Å². The van der Waals surface area contributed by atoms with Gasteiger partial charge in [-0.25, -0.2) is 7.12 Å². The Morgan fingerprint density at radius 3 is 1.50 bits per heavy atom. The van der Waals surface area contributed by atoms with Gasteiger partial charge in [-0.2, -0.15) is 0 Å². The number of hydrogen-bond acceptors (Lipinski definition) is 0. The van der Waals surface area contributed by atoms with E-state index >= 15 is 0 Å².